The van der Waals surface area contributed by atoms with E-state index in [1.807, 2.05) is 35.9 Å². The lowest BCUT2D eigenvalue weighted by Gasteiger charge is -2.39. The van der Waals surface area contributed by atoms with Crippen molar-refractivity contribution >= 4 is 10.9 Å². The van der Waals surface area contributed by atoms with Gasteiger partial charge in [0.15, 0.2) is 5.82 Å². The molecule has 1 saturated carbocycles. The zero-order valence-electron chi connectivity index (χ0n) is 21.4. The standard InChI is InChI=1S/C29H36N6O/c1-3-11-26(28-31-32-33-35(28)19-22-13-6-4-7-14-22)34(25-16-8-5-9-17-25)20-24-18-23-15-10-12-21(2)27(23)30-29(24)36/h4,6-7,10,12-15,18,25-26H,3,5,8-9,11,16-17,19-20H2,1-2H3,(H,30,36)/t26-/m0/s1. The third-order valence-electron chi connectivity index (χ3n) is 7.56. The molecule has 4 aromatic rings. The highest BCUT2D eigenvalue weighted by Gasteiger charge is 2.32. The molecular weight excluding hydrogens is 448 g/mol. The fourth-order valence-corrected chi connectivity index (χ4v) is 5.69. The largest absolute Gasteiger partial charge is 0.321 e. The maximum absolute atomic E-state index is 13.3. The van der Waals surface area contributed by atoms with Crippen LogP contribution in [0, 0.1) is 6.92 Å². The predicted molar refractivity (Wildman–Crippen MR) is 143 cm³/mol. The second kappa shape index (κ2) is 11.2. The van der Waals surface area contributed by atoms with Crippen LogP contribution in [0.3, 0.4) is 0 Å². The predicted octanol–water partition coefficient (Wildman–Crippen LogP) is 5.55. The summed E-state index contributed by atoms with van der Waals surface area (Å²) in [5.41, 5.74) is 3.99. The smallest absolute Gasteiger partial charge is 0.252 e. The number of nitrogens with one attached hydrogen (secondary N) is 1. The van der Waals surface area contributed by atoms with Crippen molar-refractivity contribution in [3.63, 3.8) is 0 Å². The number of H-pyrrole nitrogens is 1. The van der Waals surface area contributed by atoms with Crippen LogP contribution in [-0.2, 0) is 13.1 Å². The van der Waals surface area contributed by atoms with Gasteiger partial charge >= 0.3 is 0 Å². The molecule has 7 nitrogen and oxygen atoms in total. The lowest BCUT2D eigenvalue weighted by molar-refractivity contribution is 0.0812. The molecule has 0 saturated heterocycles. The zero-order valence-corrected chi connectivity index (χ0v) is 21.4. The molecule has 1 atom stereocenters. The number of hydrogen-bond donors (Lipinski definition) is 1. The van der Waals surface area contributed by atoms with Gasteiger partial charge < -0.3 is 4.98 Å². The maximum Gasteiger partial charge on any atom is 0.252 e. The summed E-state index contributed by atoms with van der Waals surface area (Å²) in [6, 6.07) is 19.0. The Kier molecular flexibility index (Phi) is 7.56. The van der Waals surface area contributed by atoms with Crippen molar-refractivity contribution in [2.75, 3.05) is 0 Å². The number of tetrazole rings is 1. The third kappa shape index (κ3) is 5.26. The van der Waals surface area contributed by atoms with Gasteiger partial charge in [-0.3, -0.25) is 9.69 Å². The number of aromatic amines is 1. The van der Waals surface area contributed by atoms with Gasteiger partial charge in [-0.15, -0.1) is 5.10 Å². The molecule has 5 rings (SSSR count). The van der Waals surface area contributed by atoms with Crippen LogP contribution in [-0.4, -0.2) is 36.1 Å². The van der Waals surface area contributed by atoms with Crippen LogP contribution < -0.4 is 5.56 Å². The van der Waals surface area contributed by atoms with Crippen LogP contribution in [0.4, 0.5) is 0 Å². The summed E-state index contributed by atoms with van der Waals surface area (Å²) >= 11 is 0. The van der Waals surface area contributed by atoms with Crippen molar-refractivity contribution < 1.29 is 0 Å². The summed E-state index contributed by atoms with van der Waals surface area (Å²) in [6.07, 6.45) is 7.97. The van der Waals surface area contributed by atoms with Crippen molar-refractivity contribution in [2.45, 2.75) is 84.0 Å². The van der Waals surface area contributed by atoms with Crippen molar-refractivity contribution in [3.05, 3.63) is 87.5 Å². The van der Waals surface area contributed by atoms with Crippen LogP contribution in [0.25, 0.3) is 10.9 Å². The first-order chi connectivity index (χ1) is 17.6. The first-order valence-electron chi connectivity index (χ1n) is 13.3. The number of para-hydroxylation sites is 1. The van der Waals surface area contributed by atoms with Crippen LogP contribution >= 0.6 is 0 Å². The first kappa shape index (κ1) is 24.4. The average Bonchev–Trinajstić information content (AvgIpc) is 3.36. The summed E-state index contributed by atoms with van der Waals surface area (Å²) in [5.74, 6) is 0.888. The molecule has 2 aromatic carbocycles. The molecule has 0 radical (unpaired) electrons. The van der Waals surface area contributed by atoms with E-state index in [0.717, 1.165) is 53.5 Å². The van der Waals surface area contributed by atoms with E-state index in [1.54, 1.807) is 0 Å². The number of pyridine rings is 1. The van der Waals surface area contributed by atoms with Crippen LogP contribution in [0.5, 0.6) is 0 Å². The van der Waals surface area contributed by atoms with Crippen LogP contribution in [0.15, 0.2) is 59.4 Å². The number of rotatable bonds is 9. The molecule has 1 N–H and O–H groups in total. The molecule has 0 aliphatic heterocycles. The second-order valence-electron chi connectivity index (χ2n) is 10.1. The van der Waals surface area contributed by atoms with E-state index in [1.165, 1.54) is 24.8 Å². The second-order valence-corrected chi connectivity index (χ2v) is 10.1. The van der Waals surface area contributed by atoms with Gasteiger partial charge in [0, 0.05) is 18.2 Å². The molecule has 0 bridgehead atoms. The van der Waals surface area contributed by atoms with E-state index < -0.39 is 0 Å². The van der Waals surface area contributed by atoms with Gasteiger partial charge in [0.25, 0.3) is 5.56 Å². The Morgan fingerprint density at radius 2 is 1.89 bits per heavy atom. The van der Waals surface area contributed by atoms with Crippen molar-refractivity contribution in [1.82, 2.24) is 30.1 Å². The highest BCUT2D eigenvalue weighted by Crippen LogP contribution is 2.34. The molecule has 1 fully saturated rings. The number of benzene rings is 2. The molecule has 1 aliphatic rings. The number of aryl methyl sites for hydroxylation is 1. The molecule has 36 heavy (non-hydrogen) atoms. The Balaban J connectivity index is 1.53. The summed E-state index contributed by atoms with van der Waals surface area (Å²) in [4.78, 5) is 18.9. The molecular formula is C29H36N6O. The van der Waals surface area contributed by atoms with E-state index in [-0.39, 0.29) is 11.6 Å². The summed E-state index contributed by atoms with van der Waals surface area (Å²) in [5, 5.41) is 14.1. The van der Waals surface area contributed by atoms with Gasteiger partial charge in [0.05, 0.1) is 18.1 Å². The lowest BCUT2D eigenvalue weighted by Crippen LogP contribution is -2.41. The number of hydrogen-bond acceptors (Lipinski definition) is 5. The topological polar surface area (TPSA) is 79.7 Å². The molecule has 0 amide bonds. The molecule has 0 unspecified atom stereocenters. The van der Waals surface area contributed by atoms with Gasteiger partial charge in [-0.2, -0.15) is 0 Å². The highest BCUT2D eigenvalue weighted by atomic mass is 16.1. The third-order valence-corrected chi connectivity index (χ3v) is 7.56. The van der Waals surface area contributed by atoms with E-state index in [4.69, 9.17) is 0 Å². The Hall–Kier alpha value is -3.32. The quantitative estimate of drug-likeness (QED) is 0.337. The molecule has 7 heteroatoms. The van der Waals surface area contributed by atoms with E-state index in [2.05, 4.69) is 62.7 Å². The first-order valence-corrected chi connectivity index (χ1v) is 13.3. The molecule has 0 spiro atoms. The van der Waals surface area contributed by atoms with Crippen LogP contribution in [0.1, 0.15) is 80.4 Å². The van der Waals surface area contributed by atoms with Crippen molar-refractivity contribution in [1.29, 1.82) is 0 Å². The Bertz CT molecular complexity index is 1340. The van der Waals surface area contributed by atoms with Crippen molar-refractivity contribution in [2.24, 2.45) is 0 Å². The number of nitrogens with zero attached hydrogens (tertiary/aromatic N) is 5. The minimum absolute atomic E-state index is 0.00302. The fraction of sp³-hybridized carbons (Fsp3) is 0.448. The minimum Gasteiger partial charge on any atom is -0.321 e. The summed E-state index contributed by atoms with van der Waals surface area (Å²) in [6.45, 7) is 5.48. The maximum atomic E-state index is 13.3. The fourth-order valence-electron chi connectivity index (χ4n) is 5.69. The lowest BCUT2D eigenvalue weighted by atomic mass is 9.91. The Labute approximate surface area is 212 Å². The van der Waals surface area contributed by atoms with E-state index in [9.17, 15) is 4.79 Å². The van der Waals surface area contributed by atoms with Gasteiger partial charge in [-0.25, -0.2) is 4.68 Å². The SMILES string of the molecule is CCC[C@@H](c1nnnn1Cc1ccccc1)N(Cc1cc2cccc(C)c2[nH]c1=O)C1CCCCC1. The molecule has 2 aromatic heterocycles. The van der Waals surface area contributed by atoms with Crippen LogP contribution in [0.2, 0.25) is 0 Å². The number of aromatic nitrogens is 5. The van der Waals surface area contributed by atoms with Crippen molar-refractivity contribution in [3.8, 4) is 0 Å². The monoisotopic (exact) mass is 484 g/mol. The Morgan fingerprint density at radius 3 is 2.67 bits per heavy atom. The Morgan fingerprint density at radius 1 is 1.08 bits per heavy atom. The van der Waals surface area contributed by atoms with Gasteiger partial charge in [-0.1, -0.05) is 81.1 Å². The average molecular weight is 485 g/mol. The van der Waals surface area contributed by atoms with Gasteiger partial charge in [-0.05, 0) is 59.2 Å². The summed E-state index contributed by atoms with van der Waals surface area (Å²) < 4.78 is 1.94. The molecule has 188 valence electrons. The molecule has 2 heterocycles. The highest BCUT2D eigenvalue weighted by molar-refractivity contribution is 5.81. The summed E-state index contributed by atoms with van der Waals surface area (Å²) in [7, 11) is 0. The normalized spacial score (nSPS) is 15.5. The zero-order chi connectivity index (χ0) is 24.9. The van der Waals surface area contributed by atoms with E-state index in [0.29, 0.717) is 19.1 Å². The van der Waals surface area contributed by atoms with Gasteiger partial charge in [0.1, 0.15) is 0 Å². The molecule has 1 aliphatic carbocycles. The van der Waals surface area contributed by atoms with Gasteiger partial charge in [0.2, 0.25) is 0 Å². The van der Waals surface area contributed by atoms with E-state index >= 15 is 0 Å². The minimum atomic E-state index is -0.00302. The number of fused-ring (bicyclic) bond motifs is 1.